The smallest absolute Gasteiger partial charge is 0.362 e. The van der Waals surface area contributed by atoms with Crippen molar-refractivity contribution >= 4 is 12.4 Å². The number of alkyl halides is 1. The molecule has 0 aromatic heterocycles. The molecular weight excluding hydrogens is 153 g/mol. The molecule has 11 heavy (non-hydrogen) atoms. The topological polar surface area (TPSA) is 57.6 Å². The lowest BCUT2D eigenvalue weighted by Crippen LogP contribution is -2.45. The van der Waals surface area contributed by atoms with Gasteiger partial charge in [0, 0.05) is 13.0 Å². The summed E-state index contributed by atoms with van der Waals surface area (Å²) in [6.45, 7) is 0.187. The monoisotopic (exact) mass is 161 g/mol. The predicted octanol–water partition coefficient (Wildman–Crippen LogP) is -0.0110. The van der Waals surface area contributed by atoms with Crippen molar-refractivity contribution in [2.24, 2.45) is 0 Å². The standard InChI is InChI=1S/C6H8FNO3/c7-6(5(10)11)2-1-3-8(6)4-9/h4H,1-3H2,(H,10,11)/t6-/m1/s1. The molecule has 0 spiro atoms. The fourth-order valence-electron chi connectivity index (χ4n) is 1.17. The number of nitrogens with zero attached hydrogens (tertiary/aromatic N) is 1. The Labute approximate surface area is 62.6 Å². The molecule has 0 aromatic carbocycles. The minimum atomic E-state index is -2.46. The highest BCUT2D eigenvalue weighted by molar-refractivity contribution is 5.80. The van der Waals surface area contributed by atoms with E-state index in [1.165, 1.54) is 0 Å². The van der Waals surface area contributed by atoms with E-state index in [1.54, 1.807) is 0 Å². The molecule has 0 radical (unpaired) electrons. The summed E-state index contributed by atoms with van der Waals surface area (Å²) < 4.78 is 13.2. The van der Waals surface area contributed by atoms with Gasteiger partial charge >= 0.3 is 5.97 Å². The maximum absolute atomic E-state index is 13.2. The van der Waals surface area contributed by atoms with Crippen molar-refractivity contribution in [3.63, 3.8) is 0 Å². The average Bonchev–Trinajstić information content (AvgIpc) is 2.32. The third kappa shape index (κ3) is 1.06. The van der Waals surface area contributed by atoms with Crippen LogP contribution in [0.2, 0.25) is 0 Å². The molecule has 0 unspecified atom stereocenters. The number of hydrogen-bond donors (Lipinski definition) is 1. The molecule has 1 rings (SSSR count). The van der Waals surface area contributed by atoms with Crippen LogP contribution in [-0.2, 0) is 9.59 Å². The SMILES string of the molecule is O=CN1CCC[C@]1(F)C(=O)O. The van der Waals surface area contributed by atoms with E-state index in [2.05, 4.69) is 0 Å². The van der Waals surface area contributed by atoms with Gasteiger partial charge in [-0.3, -0.25) is 4.79 Å². The van der Waals surface area contributed by atoms with E-state index in [-0.39, 0.29) is 19.4 Å². The zero-order valence-corrected chi connectivity index (χ0v) is 5.79. The maximum Gasteiger partial charge on any atom is 0.362 e. The van der Waals surface area contributed by atoms with Crippen LogP contribution in [0.1, 0.15) is 12.8 Å². The summed E-state index contributed by atoms with van der Waals surface area (Å²) in [6, 6.07) is 0. The Morgan fingerprint density at radius 2 is 2.36 bits per heavy atom. The Balaban J connectivity index is 2.83. The first-order valence-corrected chi connectivity index (χ1v) is 3.25. The lowest BCUT2D eigenvalue weighted by atomic mass is 10.2. The summed E-state index contributed by atoms with van der Waals surface area (Å²) in [7, 11) is 0. The second-order valence-corrected chi connectivity index (χ2v) is 2.47. The van der Waals surface area contributed by atoms with Gasteiger partial charge in [0.1, 0.15) is 0 Å². The van der Waals surface area contributed by atoms with Gasteiger partial charge < -0.3 is 10.0 Å². The van der Waals surface area contributed by atoms with Crippen molar-refractivity contribution in [3.8, 4) is 0 Å². The molecule has 1 heterocycles. The molecule has 1 saturated heterocycles. The van der Waals surface area contributed by atoms with E-state index in [1.807, 2.05) is 0 Å². The fraction of sp³-hybridized carbons (Fsp3) is 0.667. The van der Waals surface area contributed by atoms with Gasteiger partial charge in [0.15, 0.2) is 0 Å². The van der Waals surface area contributed by atoms with Gasteiger partial charge in [-0.05, 0) is 6.42 Å². The third-order valence-corrected chi connectivity index (χ3v) is 1.82. The molecule has 0 saturated carbocycles. The number of likely N-dealkylation sites (tertiary alicyclic amines) is 1. The molecule has 1 amide bonds. The van der Waals surface area contributed by atoms with Crippen molar-refractivity contribution in [1.82, 2.24) is 4.90 Å². The number of carbonyl (C=O) groups excluding carboxylic acids is 1. The zero-order valence-electron chi connectivity index (χ0n) is 5.79. The van der Waals surface area contributed by atoms with Gasteiger partial charge in [-0.2, -0.15) is 0 Å². The van der Waals surface area contributed by atoms with E-state index >= 15 is 0 Å². The van der Waals surface area contributed by atoms with Crippen molar-refractivity contribution < 1.29 is 19.1 Å². The van der Waals surface area contributed by atoms with Crippen LogP contribution in [0.5, 0.6) is 0 Å². The lowest BCUT2D eigenvalue weighted by Gasteiger charge is -2.22. The van der Waals surface area contributed by atoms with Gasteiger partial charge in [0.2, 0.25) is 6.41 Å². The van der Waals surface area contributed by atoms with Crippen molar-refractivity contribution in [2.45, 2.75) is 18.6 Å². The lowest BCUT2D eigenvalue weighted by molar-refractivity contribution is -0.165. The first kappa shape index (κ1) is 7.97. The van der Waals surface area contributed by atoms with Crippen LogP contribution in [0.3, 0.4) is 0 Å². The summed E-state index contributed by atoms with van der Waals surface area (Å²) in [6.07, 6.45) is 0.531. The average molecular weight is 161 g/mol. The second kappa shape index (κ2) is 2.48. The molecular formula is C6H8FNO3. The molecule has 0 aliphatic carbocycles. The molecule has 0 bridgehead atoms. The molecule has 1 aliphatic heterocycles. The van der Waals surface area contributed by atoms with Crippen LogP contribution in [-0.4, -0.2) is 34.7 Å². The number of aliphatic carboxylic acids is 1. The molecule has 1 fully saturated rings. The summed E-state index contributed by atoms with van der Waals surface area (Å²) in [4.78, 5) is 21.1. The quantitative estimate of drug-likeness (QED) is 0.457. The Morgan fingerprint density at radius 1 is 1.73 bits per heavy atom. The molecule has 5 heteroatoms. The third-order valence-electron chi connectivity index (χ3n) is 1.82. The van der Waals surface area contributed by atoms with Crippen LogP contribution in [0.15, 0.2) is 0 Å². The van der Waals surface area contributed by atoms with E-state index in [0.29, 0.717) is 11.3 Å². The normalized spacial score (nSPS) is 30.5. The van der Waals surface area contributed by atoms with Crippen molar-refractivity contribution in [3.05, 3.63) is 0 Å². The van der Waals surface area contributed by atoms with E-state index in [0.717, 1.165) is 0 Å². The minimum Gasteiger partial charge on any atom is -0.477 e. The first-order valence-electron chi connectivity index (χ1n) is 3.25. The van der Waals surface area contributed by atoms with Gasteiger partial charge in [0.05, 0.1) is 0 Å². The number of hydrogen-bond acceptors (Lipinski definition) is 2. The molecule has 62 valence electrons. The van der Waals surface area contributed by atoms with Crippen LogP contribution >= 0.6 is 0 Å². The van der Waals surface area contributed by atoms with Crippen molar-refractivity contribution in [1.29, 1.82) is 0 Å². The van der Waals surface area contributed by atoms with E-state index in [9.17, 15) is 14.0 Å². The number of carboxylic acids is 1. The number of amides is 1. The molecule has 1 N–H and O–H groups in total. The Morgan fingerprint density at radius 3 is 2.73 bits per heavy atom. The Kier molecular flexibility index (Phi) is 1.80. The highest BCUT2D eigenvalue weighted by atomic mass is 19.1. The van der Waals surface area contributed by atoms with Crippen LogP contribution < -0.4 is 0 Å². The van der Waals surface area contributed by atoms with Gasteiger partial charge in [0.25, 0.3) is 5.79 Å². The van der Waals surface area contributed by atoms with Gasteiger partial charge in [-0.25, -0.2) is 9.18 Å². The number of carboxylic acid groups (broad SMARTS) is 1. The Hall–Kier alpha value is -1.13. The minimum absolute atomic E-state index is 0.110. The molecule has 0 aromatic rings. The summed E-state index contributed by atoms with van der Waals surface area (Å²) in [5.74, 6) is -4.04. The van der Waals surface area contributed by atoms with Gasteiger partial charge in [-0.15, -0.1) is 0 Å². The van der Waals surface area contributed by atoms with Gasteiger partial charge in [-0.1, -0.05) is 0 Å². The van der Waals surface area contributed by atoms with E-state index < -0.39 is 11.8 Å². The highest BCUT2D eigenvalue weighted by Crippen LogP contribution is 2.29. The highest BCUT2D eigenvalue weighted by Gasteiger charge is 2.47. The van der Waals surface area contributed by atoms with Crippen molar-refractivity contribution in [2.75, 3.05) is 6.54 Å². The first-order chi connectivity index (χ1) is 5.11. The summed E-state index contributed by atoms with van der Waals surface area (Å²) in [5.41, 5.74) is 0. The predicted molar refractivity (Wildman–Crippen MR) is 33.5 cm³/mol. The summed E-state index contributed by atoms with van der Waals surface area (Å²) >= 11 is 0. The number of carbonyl (C=O) groups is 2. The Bertz CT molecular complexity index is 196. The molecule has 1 aliphatic rings. The fourth-order valence-corrected chi connectivity index (χ4v) is 1.17. The molecule has 1 atom stereocenters. The van der Waals surface area contributed by atoms with Crippen LogP contribution in [0, 0.1) is 0 Å². The maximum atomic E-state index is 13.2. The second-order valence-electron chi connectivity index (χ2n) is 2.47. The molecule has 4 nitrogen and oxygen atoms in total. The zero-order chi connectivity index (χ0) is 8.48. The summed E-state index contributed by atoms with van der Waals surface area (Å²) in [5, 5.41) is 8.40. The van der Waals surface area contributed by atoms with E-state index in [4.69, 9.17) is 5.11 Å². The van der Waals surface area contributed by atoms with Crippen LogP contribution in [0.25, 0.3) is 0 Å². The largest absolute Gasteiger partial charge is 0.477 e. The van der Waals surface area contributed by atoms with Crippen LogP contribution in [0.4, 0.5) is 4.39 Å². The number of rotatable bonds is 2. The number of halogens is 1.